The van der Waals surface area contributed by atoms with E-state index in [2.05, 4.69) is 88.4 Å². The van der Waals surface area contributed by atoms with Gasteiger partial charge in [0, 0.05) is 11.0 Å². The Bertz CT molecular complexity index is 807. The van der Waals surface area contributed by atoms with E-state index in [1.54, 1.807) is 0 Å². The molecule has 0 radical (unpaired) electrons. The molecule has 2 aromatic carbocycles. The second kappa shape index (κ2) is 11.7. The van der Waals surface area contributed by atoms with Gasteiger partial charge in [-0.05, 0) is 68.3 Å². The Morgan fingerprint density at radius 1 is 1.00 bits per heavy atom. The summed E-state index contributed by atoms with van der Waals surface area (Å²) in [6, 6.07) is 22.0. The van der Waals surface area contributed by atoms with Gasteiger partial charge in [0.2, 0.25) is 0 Å². The zero-order valence-electron chi connectivity index (χ0n) is 18.3. The van der Waals surface area contributed by atoms with Crippen molar-refractivity contribution in [3.8, 4) is 6.07 Å². The van der Waals surface area contributed by atoms with E-state index in [1.807, 2.05) is 0 Å². The highest BCUT2D eigenvalue weighted by Gasteiger charge is 2.41. The fourth-order valence-corrected chi connectivity index (χ4v) is 5.83. The summed E-state index contributed by atoms with van der Waals surface area (Å²) in [5.41, 5.74) is 2.19. The van der Waals surface area contributed by atoms with Crippen LogP contribution in [-0.2, 0) is 12.0 Å². The molecule has 2 aromatic rings. The number of hydrogen-bond donors (Lipinski definition) is 0. The highest BCUT2D eigenvalue weighted by atomic mass is 79.9. The number of benzene rings is 2. The Morgan fingerprint density at radius 3 is 2.37 bits per heavy atom. The maximum absolute atomic E-state index is 10.5. The van der Waals surface area contributed by atoms with E-state index in [9.17, 15) is 5.26 Å². The summed E-state index contributed by atoms with van der Waals surface area (Å²) in [4.78, 5) is 2.55. The largest absolute Gasteiger partial charge is 0.299 e. The molecule has 1 atom stereocenters. The minimum absolute atomic E-state index is 0.384. The lowest BCUT2D eigenvalue weighted by Crippen LogP contribution is -2.37. The van der Waals surface area contributed by atoms with E-state index in [1.165, 1.54) is 43.2 Å². The molecule has 1 aliphatic carbocycles. The van der Waals surface area contributed by atoms with Gasteiger partial charge >= 0.3 is 0 Å². The third kappa shape index (κ3) is 5.74. The number of nitriles is 1. The summed E-state index contributed by atoms with van der Waals surface area (Å²) < 4.78 is 1.09. The minimum atomic E-state index is -0.384. The lowest BCUT2D eigenvalue weighted by atomic mass is 9.63. The van der Waals surface area contributed by atoms with Crippen LogP contribution < -0.4 is 0 Å². The predicted molar refractivity (Wildman–Crippen MR) is 129 cm³/mol. The third-order valence-corrected chi connectivity index (χ3v) is 7.38. The van der Waals surface area contributed by atoms with Crippen molar-refractivity contribution < 1.29 is 0 Å². The van der Waals surface area contributed by atoms with Gasteiger partial charge in [-0.25, -0.2) is 0 Å². The molecule has 2 nitrogen and oxygen atoms in total. The molecular weight excluding hydrogens is 432 g/mol. The van der Waals surface area contributed by atoms with Gasteiger partial charge < -0.3 is 0 Å². The van der Waals surface area contributed by atoms with Crippen molar-refractivity contribution in [2.24, 2.45) is 5.92 Å². The van der Waals surface area contributed by atoms with E-state index in [4.69, 9.17) is 0 Å². The zero-order chi connectivity index (χ0) is 21.2. The van der Waals surface area contributed by atoms with Crippen LogP contribution in [0.2, 0.25) is 0 Å². The molecule has 0 aromatic heterocycles. The van der Waals surface area contributed by atoms with Crippen molar-refractivity contribution in [3.63, 3.8) is 0 Å². The van der Waals surface area contributed by atoms with Crippen LogP contribution in [0.15, 0.2) is 59.1 Å². The zero-order valence-corrected chi connectivity index (χ0v) is 19.9. The van der Waals surface area contributed by atoms with Crippen molar-refractivity contribution in [2.45, 2.75) is 70.3 Å². The van der Waals surface area contributed by atoms with Crippen molar-refractivity contribution in [1.82, 2.24) is 4.90 Å². The van der Waals surface area contributed by atoms with E-state index in [0.29, 0.717) is 5.92 Å². The maximum atomic E-state index is 10.5. The van der Waals surface area contributed by atoms with Gasteiger partial charge in [0.25, 0.3) is 0 Å². The van der Waals surface area contributed by atoms with Gasteiger partial charge in [-0.1, -0.05) is 90.6 Å². The van der Waals surface area contributed by atoms with Gasteiger partial charge in [0.1, 0.15) is 0 Å². The molecule has 0 spiro atoms. The molecule has 1 aliphatic rings. The monoisotopic (exact) mass is 466 g/mol. The second-order valence-corrected chi connectivity index (χ2v) is 9.62. The average Bonchev–Trinajstić information content (AvgIpc) is 2.79. The summed E-state index contributed by atoms with van der Waals surface area (Å²) in [5.74, 6) is 0.462. The molecule has 0 amide bonds. The average molecular weight is 467 g/mol. The van der Waals surface area contributed by atoms with Gasteiger partial charge in [-0.3, -0.25) is 4.90 Å². The molecule has 30 heavy (non-hydrogen) atoms. The van der Waals surface area contributed by atoms with Crippen LogP contribution in [0.5, 0.6) is 0 Å². The van der Waals surface area contributed by atoms with Crippen LogP contribution in [-0.4, -0.2) is 18.0 Å². The number of rotatable bonds is 10. The molecular formula is C27H35BrN2. The molecule has 1 fully saturated rings. The van der Waals surface area contributed by atoms with Crippen molar-refractivity contribution in [1.29, 1.82) is 5.26 Å². The lowest BCUT2D eigenvalue weighted by molar-refractivity contribution is 0.211. The first-order chi connectivity index (χ1) is 14.7. The standard InChI is InChI=1S/C27H35BrN2/c1-2-19-30(21-23-12-5-3-6-13-23)20-11-18-27(22-29,24-14-7-4-8-15-24)25-16-9-10-17-26(25)28/h3,5-6,9-10,12-13,16-17,24H,2,4,7-8,11,14-15,18-21H2,1H3. The van der Waals surface area contributed by atoms with Gasteiger partial charge in [-0.15, -0.1) is 0 Å². The first kappa shape index (κ1) is 23.0. The Hall–Kier alpha value is -1.63. The molecule has 0 bridgehead atoms. The fraction of sp³-hybridized carbons (Fsp3) is 0.519. The van der Waals surface area contributed by atoms with Crippen LogP contribution in [0.3, 0.4) is 0 Å². The number of nitrogens with zero attached hydrogens (tertiary/aromatic N) is 2. The Kier molecular flexibility index (Phi) is 8.97. The summed E-state index contributed by atoms with van der Waals surface area (Å²) >= 11 is 3.77. The van der Waals surface area contributed by atoms with E-state index < -0.39 is 0 Å². The van der Waals surface area contributed by atoms with Crippen LogP contribution in [0, 0.1) is 17.2 Å². The van der Waals surface area contributed by atoms with Gasteiger partial charge in [-0.2, -0.15) is 5.26 Å². The highest BCUT2D eigenvalue weighted by molar-refractivity contribution is 9.10. The summed E-state index contributed by atoms with van der Waals surface area (Å²) in [7, 11) is 0. The molecule has 3 heteroatoms. The molecule has 0 aliphatic heterocycles. The van der Waals surface area contributed by atoms with Crippen LogP contribution >= 0.6 is 15.9 Å². The van der Waals surface area contributed by atoms with Crippen LogP contribution in [0.4, 0.5) is 0 Å². The molecule has 0 heterocycles. The lowest BCUT2D eigenvalue weighted by Gasteiger charge is -2.39. The molecule has 1 saturated carbocycles. The van der Waals surface area contributed by atoms with E-state index >= 15 is 0 Å². The minimum Gasteiger partial charge on any atom is -0.299 e. The Labute approximate surface area is 191 Å². The topological polar surface area (TPSA) is 27.0 Å². The highest BCUT2D eigenvalue weighted by Crippen LogP contribution is 2.46. The van der Waals surface area contributed by atoms with Crippen molar-refractivity contribution in [3.05, 3.63) is 70.2 Å². The molecule has 0 N–H and O–H groups in total. The molecule has 160 valence electrons. The maximum Gasteiger partial charge on any atom is 0.0861 e. The van der Waals surface area contributed by atoms with Gasteiger partial charge in [0.15, 0.2) is 0 Å². The normalized spacial score (nSPS) is 16.9. The number of hydrogen-bond acceptors (Lipinski definition) is 2. The smallest absolute Gasteiger partial charge is 0.0861 e. The fourth-order valence-electron chi connectivity index (χ4n) is 5.19. The first-order valence-electron chi connectivity index (χ1n) is 11.6. The van der Waals surface area contributed by atoms with Gasteiger partial charge in [0.05, 0.1) is 11.5 Å². The summed E-state index contributed by atoms with van der Waals surface area (Å²) in [6.45, 7) is 5.39. The summed E-state index contributed by atoms with van der Waals surface area (Å²) in [5, 5.41) is 10.5. The van der Waals surface area contributed by atoms with E-state index in [-0.39, 0.29) is 5.41 Å². The number of halogens is 1. The predicted octanol–water partition coefficient (Wildman–Crippen LogP) is 7.48. The van der Waals surface area contributed by atoms with Crippen LogP contribution in [0.25, 0.3) is 0 Å². The molecule has 1 unspecified atom stereocenters. The first-order valence-corrected chi connectivity index (χ1v) is 12.4. The van der Waals surface area contributed by atoms with Crippen molar-refractivity contribution >= 4 is 15.9 Å². The quantitative estimate of drug-likeness (QED) is 0.362. The Balaban J connectivity index is 1.75. The second-order valence-electron chi connectivity index (χ2n) is 8.76. The SMILES string of the molecule is CCCN(CCCC(C#N)(c1ccccc1Br)C1CCCCC1)Cc1ccccc1. The van der Waals surface area contributed by atoms with Crippen molar-refractivity contribution in [2.75, 3.05) is 13.1 Å². The van der Waals surface area contributed by atoms with Crippen LogP contribution in [0.1, 0.15) is 69.4 Å². The molecule has 3 rings (SSSR count). The Morgan fingerprint density at radius 2 is 1.70 bits per heavy atom. The third-order valence-electron chi connectivity index (χ3n) is 6.69. The summed E-state index contributed by atoms with van der Waals surface area (Å²) in [6.07, 6.45) is 9.33. The van der Waals surface area contributed by atoms with E-state index in [0.717, 1.165) is 43.4 Å². The molecule has 0 saturated heterocycles.